The number of nitrogens with two attached hydrogens (primary N) is 1. The summed E-state index contributed by atoms with van der Waals surface area (Å²) in [5, 5.41) is 3.70. The summed E-state index contributed by atoms with van der Waals surface area (Å²) in [5.41, 5.74) is 7.15. The van der Waals surface area contributed by atoms with Gasteiger partial charge in [-0.05, 0) is 49.9 Å². The molecule has 1 aromatic heterocycles. The molecule has 3 heterocycles. The Morgan fingerprint density at radius 2 is 1.81 bits per heavy atom. The molecule has 2 saturated heterocycles. The zero-order valence-corrected chi connectivity index (χ0v) is 20.4. The minimum absolute atomic E-state index is 0. The highest BCUT2D eigenvalue weighted by Crippen LogP contribution is 2.29. The molecular weight excluding hydrogens is 473 g/mol. The average Bonchev–Trinajstić information content (AvgIpc) is 3.14. The second-order valence-electron chi connectivity index (χ2n) is 8.30. The number of ether oxygens (including phenoxy) is 1. The lowest BCUT2D eigenvalue weighted by molar-refractivity contribution is -0.126. The zero-order chi connectivity index (χ0) is 20.9. The molecule has 2 aliphatic rings. The molecule has 1 aromatic carbocycles. The van der Waals surface area contributed by atoms with Gasteiger partial charge in [-0.15, -0.1) is 24.8 Å². The summed E-state index contributed by atoms with van der Waals surface area (Å²) in [6.45, 7) is 3.56. The molecule has 1 amide bonds. The van der Waals surface area contributed by atoms with E-state index in [-0.39, 0.29) is 42.7 Å². The van der Waals surface area contributed by atoms with Crippen LogP contribution in [-0.2, 0) is 16.1 Å². The first-order valence-electron chi connectivity index (χ1n) is 10.8. The first-order chi connectivity index (χ1) is 14.6. The Balaban J connectivity index is 0.00000181. The quantitative estimate of drug-likeness (QED) is 0.635. The molecule has 0 spiro atoms. The maximum Gasteiger partial charge on any atom is 0.224 e. The van der Waals surface area contributed by atoms with Crippen LogP contribution in [0.15, 0.2) is 40.8 Å². The number of hydrogen-bond donors (Lipinski definition) is 2. The molecule has 2 atom stereocenters. The van der Waals surface area contributed by atoms with Crippen molar-refractivity contribution < 1.29 is 13.9 Å². The van der Waals surface area contributed by atoms with E-state index in [0.717, 1.165) is 57.6 Å². The minimum Gasteiger partial charge on any atom is -0.459 e. The van der Waals surface area contributed by atoms with Gasteiger partial charge in [0.05, 0.1) is 17.5 Å². The number of carbonyl (C=O) groups excluding carboxylic acids is 1. The summed E-state index contributed by atoms with van der Waals surface area (Å²) >= 11 is 6.25. The monoisotopic (exact) mass is 503 g/mol. The Morgan fingerprint density at radius 1 is 1.06 bits per heavy atom. The molecule has 2 aliphatic heterocycles. The van der Waals surface area contributed by atoms with Crippen LogP contribution in [0.4, 0.5) is 0 Å². The van der Waals surface area contributed by atoms with Gasteiger partial charge in [-0.2, -0.15) is 0 Å². The van der Waals surface area contributed by atoms with Crippen molar-refractivity contribution in [1.29, 1.82) is 0 Å². The summed E-state index contributed by atoms with van der Waals surface area (Å²) in [4.78, 5) is 15.3. The van der Waals surface area contributed by atoms with Gasteiger partial charge >= 0.3 is 0 Å². The van der Waals surface area contributed by atoms with Gasteiger partial charge in [-0.1, -0.05) is 23.7 Å². The molecule has 0 unspecified atom stereocenters. The van der Waals surface area contributed by atoms with Crippen molar-refractivity contribution in [3.05, 3.63) is 47.2 Å². The lowest BCUT2D eigenvalue weighted by Gasteiger charge is -2.35. The highest BCUT2D eigenvalue weighted by molar-refractivity contribution is 6.33. The van der Waals surface area contributed by atoms with Crippen LogP contribution in [-0.4, -0.2) is 49.2 Å². The fourth-order valence-corrected chi connectivity index (χ4v) is 4.65. The van der Waals surface area contributed by atoms with E-state index in [2.05, 4.69) is 10.2 Å². The SMILES string of the molecule is Cl.Cl.N[C@H]1CC[C@@H](C(=O)NCc2ccc(-c3ccccc3Cl)o2)CN(C2CCOCC2)C1. The number of rotatable bonds is 5. The summed E-state index contributed by atoms with van der Waals surface area (Å²) < 4.78 is 11.4. The van der Waals surface area contributed by atoms with E-state index in [4.69, 9.17) is 26.5 Å². The van der Waals surface area contributed by atoms with Crippen molar-refractivity contribution >= 4 is 42.3 Å². The second kappa shape index (κ2) is 12.8. The molecule has 0 aliphatic carbocycles. The minimum atomic E-state index is -0.0561. The van der Waals surface area contributed by atoms with Crippen molar-refractivity contribution in [1.82, 2.24) is 10.2 Å². The number of furan rings is 1. The van der Waals surface area contributed by atoms with Crippen LogP contribution in [0.5, 0.6) is 0 Å². The first kappa shape index (κ1) is 27.0. The molecule has 0 saturated carbocycles. The van der Waals surface area contributed by atoms with E-state index in [9.17, 15) is 4.79 Å². The lowest BCUT2D eigenvalue weighted by atomic mass is 10.0. The third kappa shape index (κ3) is 6.86. The molecule has 0 radical (unpaired) electrons. The fourth-order valence-electron chi connectivity index (χ4n) is 4.42. The molecule has 9 heteroatoms. The van der Waals surface area contributed by atoms with Gasteiger partial charge in [0.2, 0.25) is 5.91 Å². The number of halogens is 3. The van der Waals surface area contributed by atoms with Crippen molar-refractivity contribution in [3.8, 4) is 11.3 Å². The van der Waals surface area contributed by atoms with E-state index < -0.39 is 0 Å². The van der Waals surface area contributed by atoms with Crippen LogP contribution in [0.25, 0.3) is 11.3 Å². The normalized spacial score (nSPS) is 22.3. The summed E-state index contributed by atoms with van der Waals surface area (Å²) in [6, 6.07) is 11.9. The van der Waals surface area contributed by atoms with Gasteiger partial charge in [-0.3, -0.25) is 9.69 Å². The molecule has 6 nitrogen and oxygen atoms in total. The number of hydrogen-bond acceptors (Lipinski definition) is 5. The zero-order valence-electron chi connectivity index (χ0n) is 18.0. The smallest absolute Gasteiger partial charge is 0.224 e. The molecule has 3 N–H and O–H groups in total. The van der Waals surface area contributed by atoms with Gasteiger partial charge in [0, 0.05) is 44.0 Å². The van der Waals surface area contributed by atoms with Crippen LogP contribution in [0, 0.1) is 5.92 Å². The number of likely N-dealkylation sites (tertiary alicyclic amines) is 1. The van der Waals surface area contributed by atoms with Gasteiger partial charge in [0.1, 0.15) is 11.5 Å². The highest BCUT2D eigenvalue weighted by atomic mass is 35.5. The first-order valence-corrected chi connectivity index (χ1v) is 11.2. The number of amides is 1. The van der Waals surface area contributed by atoms with Crippen molar-refractivity contribution in [3.63, 3.8) is 0 Å². The Kier molecular flexibility index (Phi) is 10.8. The van der Waals surface area contributed by atoms with Crippen LogP contribution in [0.2, 0.25) is 5.02 Å². The van der Waals surface area contributed by atoms with Gasteiger partial charge < -0.3 is 20.2 Å². The van der Waals surface area contributed by atoms with Crippen molar-refractivity contribution in [2.24, 2.45) is 11.7 Å². The predicted octanol–water partition coefficient (Wildman–Crippen LogP) is 4.28. The number of nitrogens with one attached hydrogen (secondary N) is 1. The van der Waals surface area contributed by atoms with E-state index >= 15 is 0 Å². The predicted molar refractivity (Wildman–Crippen MR) is 132 cm³/mol. The standard InChI is InChI=1S/C23H30ClN3O3.2ClH/c24-21-4-2-1-3-20(21)22-8-7-19(30-22)13-26-23(28)16-5-6-17(25)15-27(14-16)18-9-11-29-12-10-18;;/h1-4,7-8,16-18H,5-6,9-15,25H2,(H,26,28);2*1H/t16-,17+;;/m1../s1. The maximum absolute atomic E-state index is 12.9. The van der Waals surface area contributed by atoms with Gasteiger partial charge in [0.25, 0.3) is 0 Å². The van der Waals surface area contributed by atoms with E-state index in [1.807, 2.05) is 36.4 Å². The largest absolute Gasteiger partial charge is 0.459 e. The lowest BCUT2D eigenvalue weighted by Crippen LogP contribution is -2.47. The molecule has 4 rings (SSSR count). The summed E-state index contributed by atoms with van der Waals surface area (Å²) in [6.07, 6.45) is 3.71. The molecule has 2 fully saturated rings. The maximum atomic E-state index is 12.9. The fraction of sp³-hybridized carbons (Fsp3) is 0.522. The number of benzene rings is 1. The van der Waals surface area contributed by atoms with Crippen molar-refractivity contribution in [2.75, 3.05) is 26.3 Å². The Labute approximate surface area is 207 Å². The molecule has 2 aromatic rings. The topological polar surface area (TPSA) is 80.7 Å². The van der Waals surface area contributed by atoms with Crippen molar-refractivity contribution in [2.45, 2.75) is 44.3 Å². The third-order valence-corrected chi connectivity index (χ3v) is 6.46. The van der Waals surface area contributed by atoms with E-state index in [0.29, 0.717) is 29.1 Å². The molecule has 32 heavy (non-hydrogen) atoms. The van der Waals surface area contributed by atoms with E-state index in [1.165, 1.54) is 0 Å². The molecular formula is C23H32Cl3N3O3. The van der Waals surface area contributed by atoms with Crippen LogP contribution in [0.3, 0.4) is 0 Å². The molecule has 178 valence electrons. The molecule has 0 bridgehead atoms. The van der Waals surface area contributed by atoms with Crippen LogP contribution < -0.4 is 11.1 Å². The summed E-state index contributed by atoms with van der Waals surface area (Å²) in [7, 11) is 0. The average molecular weight is 505 g/mol. The highest BCUT2D eigenvalue weighted by Gasteiger charge is 2.31. The third-order valence-electron chi connectivity index (χ3n) is 6.13. The second-order valence-corrected chi connectivity index (χ2v) is 8.70. The van der Waals surface area contributed by atoms with E-state index in [1.54, 1.807) is 0 Å². The van der Waals surface area contributed by atoms with Gasteiger partial charge in [0.15, 0.2) is 0 Å². The Morgan fingerprint density at radius 3 is 2.56 bits per heavy atom. The van der Waals surface area contributed by atoms with Gasteiger partial charge in [-0.25, -0.2) is 0 Å². The Hall–Kier alpha value is -1.28. The Bertz CT molecular complexity index is 858. The number of nitrogens with zero attached hydrogens (tertiary/aromatic N) is 1. The van der Waals surface area contributed by atoms with Crippen LogP contribution >= 0.6 is 36.4 Å². The summed E-state index contributed by atoms with van der Waals surface area (Å²) in [5.74, 6) is 1.43. The number of carbonyl (C=O) groups is 1. The van der Waals surface area contributed by atoms with Crippen LogP contribution in [0.1, 0.15) is 31.4 Å².